The molecule has 0 N–H and O–H groups in total. The summed E-state index contributed by atoms with van der Waals surface area (Å²) in [7, 11) is 0. The van der Waals surface area contributed by atoms with E-state index >= 15 is 0 Å². The predicted octanol–water partition coefficient (Wildman–Crippen LogP) is 3.21. The largest absolute Gasteiger partial charge is 0.353 e. The molecule has 3 aliphatic heterocycles. The maximum atomic E-state index is 4.96. The number of fused-ring (bicyclic) bond motifs is 2. The Morgan fingerprint density at radius 2 is 2.04 bits per heavy atom. The molecule has 3 aliphatic rings. The maximum Gasteiger partial charge on any atom is 0.156 e. The summed E-state index contributed by atoms with van der Waals surface area (Å²) in [5.41, 5.74) is 4.26. The van der Waals surface area contributed by atoms with Crippen molar-refractivity contribution in [2.75, 3.05) is 22.9 Å². The summed E-state index contributed by atoms with van der Waals surface area (Å²) in [5, 5.41) is 0. The van der Waals surface area contributed by atoms with Crippen LogP contribution >= 0.6 is 0 Å². The topological polar surface area (TPSA) is 57.5 Å². The maximum absolute atomic E-state index is 4.96. The summed E-state index contributed by atoms with van der Waals surface area (Å²) in [4.78, 5) is 23.8. The monoisotopic (exact) mass is 362 g/mol. The second-order valence-electron chi connectivity index (χ2n) is 8.06. The van der Waals surface area contributed by atoms with E-state index in [4.69, 9.17) is 15.0 Å². The molecule has 2 aromatic rings. The van der Waals surface area contributed by atoms with Crippen molar-refractivity contribution >= 4 is 17.3 Å². The number of amidine groups is 1. The fraction of sp³-hybridized carbons (Fsp3) is 0.524. The van der Waals surface area contributed by atoms with Crippen LogP contribution < -0.4 is 9.80 Å². The van der Waals surface area contributed by atoms with Gasteiger partial charge in [-0.25, -0.2) is 9.97 Å². The Balaban J connectivity index is 1.44. The summed E-state index contributed by atoms with van der Waals surface area (Å²) in [6.07, 6.45) is 8.39. The van der Waals surface area contributed by atoms with E-state index in [-0.39, 0.29) is 0 Å². The van der Waals surface area contributed by atoms with E-state index < -0.39 is 0 Å². The van der Waals surface area contributed by atoms with Crippen molar-refractivity contribution in [1.29, 1.82) is 0 Å². The average molecular weight is 362 g/mol. The van der Waals surface area contributed by atoms with Crippen LogP contribution in [-0.4, -0.2) is 39.9 Å². The minimum absolute atomic E-state index is 0.517. The average Bonchev–Trinajstić information content (AvgIpc) is 3.10. The Morgan fingerprint density at radius 3 is 2.93 bits per heavy atom. The molecule has 0 aliphatic carbocycles. The normalized spacial score (nSPS) is 24.4. The summed E-state index contributed by atoms with van der Waals surface area (Å²) >= 11 is 0. The Morgan fingerprint density at radius 1 is 1.11 bits per heavy atom. The van der Waals surface area contributed by atoms with Crippen molar-refractivity contribution in [2.45, 2.75) is 52.1 Å². The SMILES string of the molecule is C[C@H]1CCN(c2cnc3c(n2)CN=C3N2CCCc3ncccc32)[C@H](C)C1. The molecule has 0 aromatic carbocycles. The first-order chi connectivity index (χ1) is 13.2. The number of aromatic nitrogens is 3. The van der Waals surface area contributed by atoms with Gasteiger partial charge in [0.05, 0.1) is 29.8 Å². The Labute approximate surface area is 160 Å². The van der Waals surface area contributed by atoms with Gasteiger partial charge in [0.2, 0.25) is 0 Å². The fourth-order valence-electron chi connectivity index (χ4n) is 4.65. The van der Waals surface area contributed by atoms with Crippen LogP contribution in [0.5, 0.6) is 0 Å². The third-order valence-corrected chi connectivity index (χ3v) is 6.06. The molecule has 0 amide bonds. The number of aliphatic imine (C=N–C) groups is 1. The van der Waals surface area contributed by atoms with Crippen molar-refractivity contribution in [3.8, 4) is 0 Å². The minimum Gasteiger partial charge on any atom is -0.353 e. The lowest BCUT2D eigenvalue weighted by atomic mass is 9.93. The lowest BCUT2D eigenvalue weighted by Gasteiger charge is -2.37. The van der Waals surface area contributed by atoms with E-state index in [1.165, 1.54) is 18.5 Å². The van der Waals surface area contributed by atoms with Crippen LogP contribution in [0.3, 0.4) is 0 Å². The Kier molecular flexibility index (Phi) is 4.06. The zero-order valence-corrected chi connectivity index (χ0v) is 16.1. The zero-order valence-electron chi connectivity index (χ0n) is 16.1. The summed E-state index contributed by atoms with van der Waals surface area (Å²) in [5.74, 6) is 2.75. The molecule has 1 saturated heterocycles. The molecule has 2 aromatic heterocycles. The highest BCUT2D eigenvalue weighted by Crippen LogP contribution is 2.31. The number of anilines is 2. The van der Waals surface area contributed by atoms with Gasteiger partial charge in [-0.3, -0.25) is 9.98 Å². The van der Waals surface area contributed by atoms with Crippen LogP contribution in [0.2, 0.25) is 0 Å². The van der Waals surface area contributed by atoms with Crippen LogP contribution in [0.15, 0.2) is 29.5 Å². The first-order valence-electron chi connectivity index (χ1n) is 10.1. The Hall–Kier alpha value is -2.50. The minimum atomic E-state index is 0.517. The Bertz CT molecular complexity index is 892. The van der Waals surface area contributed by atoms with E-state index in [9.17, 15) is 0 Å². The number of rotatable bonds is 1. The molecular weight excluding hydrogens is 336 g/mol. The molecule has 5 heterocycles. The molecule has 0 bridgehead atoms. The molecule has 0 spiro atoms. The van der Waals surface area contributed by atoms with Crippen molar-refractivity contribution < 1.29 is 0 Å². The lowest BCUT2D eigenvalue weighted by molar-refractivity contribution is 0.375. The molecule has 2 atom stereocenters. The van der Waals surface area contributed by atoms with Gasteiger partial charge < -0.3 is 9.80 Å². The highest BCUT2D eigenvalue weighted by atomic mass is 15.3. The zero-order chi connectivity index (χ0) is 18.4. The molecule has 140 valence electrons. The summed E-state index contributed by atoms with van der Waals surface area (Å²) in [6.45, 7) is 7.28. The predicted molar refractivity (Wildman–Crippen MR) is 107 cm³/mol. The van der Waals surface area contributed by atoms with Crippen molar-refractivity contribution in [1.82, 2.24) is 15.0 Å². The van der Waals surface area contributed by atoms with Gasteiger partial charge in [0.15, 0.2) is 5.84 Å². The number of piperidine rings is 1. The van der Waals surface area contributed by atoms with Crippen LogP contribution in [-0.2, 0) is 13.0 Å². The van der Waals surface area contributed by atoms with Gasteiger partial charge in [-0.2, -0.15) is 0 Å². The standard InChI is InChI=1S/C21H26N6/c1-14-7-10-26(15(2)11-14)19-13-23-20-17(25-19)12-24-21(20)27-9-4-5-16-18(27)6-3-8-22-16/h3,6,8,13-15H,4-5,7,9-12H2,1-2H3/t14-,15+/m0/s1. The fourth-order valence-corrected chi connectivity index (χ4v) is 4.65. The van der Waals surface area contributed by atoms with Crippen LogP contribution in [0.25, 0.3) is 0 Å². The highest BCUT2D eigenvalue weighted by molar-refractivity contribution is 6.11. The van der Waals surface area contributed by atoms with E-state index in [0.717, 1.165) is 60.6 Å². The summed E-state index contributed by atoms with van der Waals surface area (Å²) in [6, 6.07) is 4.66. The van der Waals surface area contributed by atoms with Crippen LogP contribution in [0.1, 0.15) is 50.2 Å². The molecule has 0 unspecified atom stereocenters. The lowest BCUT2D eigenvalue weighted by Crippen LogP contribution is -2.41. The molecule has 6 heteroatoms. The molecule has 6 nitrogen and oxygen atoms in total. The van der Waals surface area contributed by atoms with Crippen LogP contribution in [0, 0.1) is 5.92 Å². The first-order valence-corrected chi connectivity index (χ1v) is 10.1. The second kappa shape index (κ2) is 6.59. The van der Waals surface area contributed by atoms with Crippen LogP contribution in [0.4, 0.5) is 11.5 Å². The van der Waals surface area contributed by atoms with Crippen molar-refractivity contribution in [3.63, 3.8) is 0 Å². The molecular formula is C21H26N6. The quantitative estimate of drug-likeness (QED) is 0.780. The third-order valence-electron chi connectivity index (χ3n) is 6.06. The number of pyridine rings is 1. The number of hydrogen-bond donors (Lipinski definition) is 0. The van der Waals surface area contributed by atoms with Gasteiger partial charge >= 0.3 is 0 Å². The molecule has 5 rings (SSSR count). The molecule has 1 fully saturated rings. The van der Waals surface area contributed by atoms with Gasteiger partial charge in [0.1, 0.15) is 11.5 Å². The molecule has 0 saturated carbocycles. The molecule has 27 heavy (non-hydrogen) atoms. The molecule has 0 radical (unpaired) electrons. The summed E-state index contributed by atoms with van der Waals surface area (Å²) < 4.78 is 0. The van der Waals surface area contributed by atoms with Gasteiger partial charge in [-0.1, -0.05) is 6.92 Å². The number of hydrogen-bond acceptors (Lipinski definition) is 6. The third kappa shape index (κ3) is 2.87. The van der Waals surface area contributed by atoms with E-state index in [1.54, 1.807) is 0 Å². The number of nitrogens with zero attached hydrogens (tertiary/aromatic N) is 6. The second-order valence-corrected chi connectivity index (χ2v) is 8.06. The van der Waals surface area contributed by atoms with Gasteiger partial charge in [-0.15, -0.1) is 0 Å². The van der Waals surface area contributed by atoms with Crippen molar-refractivity contribution in [2.24, 2.45) is 10.9 Å². The van der Waals surface area contributed by atoms with Gasteiger partial charge in [0, 0.05) is 25.3 Å². The van der Waals surface area contributed by atoms with Crippen molar-refractivity contribution in [3.05, 3.63) is 41.6 Å². The van der Waals surface area contributed by atoms with E-state index in [0.29, 0.717) is 12.6 Å². The van der Waals surface area contributed by atoms with Gasteiger partial charge in [0.25, 0.3) is 0 Å². The first kappa shape index (κ1) is 16.7. The highest BCUT2D eigenvalue weighted by Gasteiger charge is 2.30. The number of aryl methyl sites for hydroxylation is 1. The smallest absolute Gasteiger partial charge is 0.156 e. The van der Waals surface area contributed by atoms with E-state index in [1.807, 2.05) is 18.5 Å². The van der Waals surface area contributed by atoms with Gasteiger partial charge in [-0.05, 0) is 50.7 Å². The van der Waals surface area contributed by atoms with E-state index in [2.05, 4.69) is 34.7 Å².